The van der Waals surface area contributed by atoms with E-state index in [2.05, 4.69) is 20.9 Å². The van der Waals surface area contributed by atoms with Crippen molar-refractivity contribution in [2.24, 2.45) is 5.73 Å². The highest BCUT2D eigenvalue weighted by atomic mass is 32.2. The molecule has 0 aliphatic rings. The zero-order valence-corrected chi connectivity index (χ0v) is 23.9. The van der Waals surface area contributed by atoms with Gasteiger partial charge < -0.3 is 36.9 Å². The molecule has 3 aromatic rings. The van der Waals surface area contributed by atoms with Crippen molar-refractivity contribution in [1.29, 1.82) is 0 Å². The normalized spacial score (nSPS) is 13.9. The van der Waals surface area contributed by atoms with Crippen molar-refractivity contribution < 1.29 is 34.2 Å². The van der Waals surface area contributed by atoms with Crippen LogP contribution in [0.5, 0.6) is 0 Å². The van der Waals surface area contributed by atoms with E-state index in [1.54, 1.807) is 36.5 Å². The first-order valence-corrected chi connectivity index (χ1v) is 14.7. The number of hydrogen-bond donors (Lipinski definition) is 7. The van der Waals surface area contributed by atoms with E-state index in [9.17, 15) is 34.2 Å². The number of nitrogens with one attached hydrogen (secondary N) is 4. The van der Waals surface area contributed by atoms with Gasteiger partial charge in [-0.05, 0) is 42.0 Å². The van der Waals surface area contributed by atoms with Gasteiger partial charge in [-0.1, -0.05) is 48.5 Å². The Labute approximate surface area is 246 Å². The second-order valence-electron chi connectivity index (χ2n) is 9.76. The Morgan fingerprint density at radius 3 is 2.12 bits per heavy atom. The number of aliphatic carboxylic acids is 2. The zero-order valence-electron chi connectivity index (χ0n) is 23.0. The fourth-order valence-corrected chi connectivity index (χ4v) is 4.86. The lowest BCUT2D eigenvalue weighted by molar-refractivity contribution is -0.143. The van der Waals surface area contributed by atoms with Crippen LogP contribution >= 0.6 is 11.8 Å². The largest absolute Gasteiger partial charge is 0.481 e. The van der Waals surface area contributed by atoms with Crippen LogP contribution in [0.4, 0.5) is 0 Å². The van der Waals surface area contributed by atoms with Crippen molar-refractivity contribution >= 4 is 52.3 Å². The lowest BCUT2D eigenvalue weighted by atomic mass is 10.0. The molecule has 0 saturated carbocycles. The molecule has 1 aromatic heterocycles. The monoisotopic (exact) mass is 597 g/mol. The molecular formula is C29H35N5O7S. The number of amides is 3. The van der Waals surface area contributed by atoms with Crippen molar-refractivity contribution in [2.45, 2.75) is 49.9 Å². The maximum atomic E-state index is 13.2. The minimum Gasteiger partial charge on any atom is -0.481 e. The summed E-state index contributed by atoms with van der Waals surface area (Å²) < 4.78 is 0. The Morgan fingerprint density at radius 1 is 0.833 bits per heavy atom. The number of nitrogens with two attached hydrogens (primary N) is 1. The summed E-state index contributed by atoms with van der Waals surface area (Å²) >= 11 is 1.43. The van der Waals surface area contributed by atoms with Gasteiger partial charge in [0.05, 0.1) is 12.5 Å². The summed E-state index contributed by atoms with van der Waals surface area (Å²) in [5.74, 6) is -4.57. The summed E-state index contributed by atoms with van der Waals surface area (Å²) in [6.45, 7) is 0. The van der Waals surface area contributed by atoms with E-state index in [0.29, 0.717) is 11.3 Å². The lowest BCUT2D eigenvalue weighted by Crippen LogP contribution is -2.58. The molecule has 0 aliphatic carbocycles. The highest BCUT2D eigenvalue weighted by molar-refractivity contribution is 7.98. The highest BCUT2D eigenvalue weighted by Gasteiger charge is 2.31. The predicted molar refractivity (Wildman–Crippen MR) is 159 cm³/mol. The Morgan fingerprint density at radius 2 is 1.45 bits per heavy atom. The summed E-state index contributed by atoms with van der Waals surface area (Å²) in [5.41, 5.74) is 8.55. The summed E-state index contributed by atoms with van der Waals surface area (Å²) in [5, 5.41) is 27.3. The summed E-state index contributed by atoms with van der Waals surface area (Å²) in [6.07, 6.45) is 3.14. The van der Waals surface area contributed by atoms with Gasteiger partial charge in [-0.2, -0.15) is 11.8 Å². The number of aromatic amines is 1. The lowest BCUT2D eigenvalue weighted by Gasteiger charge is -2.24. The molecule has 224 valence electrons. The Bertz CT molecular complexity index is 1400. The first kappa shape index (κ1) is 32.2. The average Bonchev–Trinajstić information content (AvgIpc) is 3.37. The van der Waals surface area contributed by atoms with E-state index in [1.807, 2.05) is 30.5 Å². The number of hydrogen-bond acceptors (Lipinski definition) is 7. The Balaban J connectivity index is 1.69. The number of benzene rings is 2. The second kappa shape index (κ2) is 15.6. The smallest absolute Gasteiger partial charge is 0.326 e. The minimum absolute atomic E-state index is 0.0453. The standard InChI is InChI=1S/C29H35N5O7S/c1-42-12-11-22(32-26(37)20(30)14-18-16-31-21-10-6-5-9-19(18)21)27(38)33-23(15-25(35)36)28(39)34-24(29(40)41)13-17-7-3-2-4-8-17/h2-10,16,20,22-24,31H,11-15,30H2,1H3,(H,32,37)(H,33,38)(H,34,39)(H,35,36)(H,40,41). The molecule has 3 rings (SSSR count). The predicted octanol–water partition coefficient (Wildman–Crippen LogP) is 1.05. The van der Waals surface area contributed by atoms with Crippen molar-refractivity contribution in [3.63, 3.8) is 0 Å². The molecule has 0 fully saturated rings. The second-order valence-corrected chi connectivity index (χ2v) is 10.7. The Kier molecular flexibility index (Phi) is 11.9. The van der Waals surface area contributed by atoms with E-state index >= 15 is 0 Å². The van der Waals surface area contributed by atoms with Gasteiger partial charge in [0.15, 0.2) is 0 Å². The third kappa shape index (κ3) is 9.35. The number of rotatable bonds is 16. The first-order chi connectivity index (χ1) is 20.1. The molecule has 0 spiro atoms. The number of carbonyl (C=O) groups is 5. The van der Waals surface area contributed by atoms with E-state index in [1.165, 1.54) is 11.8 Å². The topological polar surface area (TPSA) is 204 Å². The van der Waals surface area contributed by atoms with Crippen LogP contribution in [0.15, 0.2) is 60.8 Å². The van der Waals surface area contributed by atoms with Crippen LogP contribution in [-0.4, -0.2) is 81.0 Å². The fraction of sp³-hybridized carbons (Fsp3) is 0.345. The van der Waals surface area contributed by atoms with Crippen LogP contribution in [-0.2, 0) is 36.8 Å². The summed E-state index contributed by atoms with van der Waals surface area (Å²) in [4.78, 5) is 65.7. The van der Waals surface area contributed by atoms with Crippen LogP contribution in [0, 0.1) is 0 Å². The summed E-state index contributed by atoms with van der Waals surface area (Å²) in [6, 6.07) is 11.1. The van der Waals surface area contributed by atoms with Crippen LogP contribution in [0.1, 0.15) is 24.0 Å². The van der Waals surface area contributed by atoms with E-state index in [4.69, 9.17) is 5.73 Å². The van der Waals surface area contributed by atoms with Crippen LogP contribution in [0.25, 0.3) is 10.9 Å². The molecule has 2 aromatic carbocycles. The Hall–Kier alpha value is -4.36. The van der Waals surface area contributed by atoms with Gasteiger partial charge in [0.25, 0.3) is 0 Å². The molecule has 0 bridgehead atoms. The molecule has 13 heteroatoms. The van der Waals surface area contributed by atoms with Gasteiger partial charge in [-0.15, -0.1) is 0 Å². The van der Waals surface area contributed by atoms with Crippen molar-refractivity contribution in [3.05, 3.63) is 71.9 Å². The molecule has 3 amide bonds. The van der Waals surface area contributed by atoms with E-state index in [-0.39, 0.29) is 19.3 Å². The summed E-state index contributed by atoms with van der Waals surface area (Å²) in [7, 11) is 0. The molecule has 12 nitrogen and oxygen atoms in total. The van der Waals surface area contributed by atoms with Gasteiger partial charge >= 0.3 is 11.9 Å². The van der Waals surface area contributed by atoms with Gasteiger partial charge in [0.1, 0.15) is 18.1 Å². The molecule has 0 saturated heterocycles. The number of carboxylic acid groups (broad SMARTS) is 2. The van der Waals surface area contributed by atoms with Crippen LogP contribution in [0.2, 0.25) is 0 Å². The van der Waals surface area contributed by atoms with Crippen LogP contribution < -0.4 is 21.7 Å². The number of fused-ring (bicyclic) bond motifs is 1. The molecule has 1 heterocycles. The van der Waals surface area contributed by atoms with Gasteiger partial charge in [-0.25, -0.2) is 4.79 Å². The first-order valence-electron chi connectivity index (χ1n) is 13.3. The maximum Gasteiger partial charge on any atom is 0.326 e. The fourth-order valence-electron chi connectivity index (χ4n) is 4.39. The number of H-pyrrole nitrogens is 1. The number of aromatic nitrogens is 1. The van der Waals surface area contributed by atoms with Gasteiger partial charge in [-0.3, -0.25) is 19.2 Å². The molecular weight excluding hydrogens is 562 g/mol. The molecule has 42 heavy (non-hydrogen) atoms. The van der Waals surface area contributed by atoms with Gasteiger partial charge in [0.2, 0.25) is 17.7 Å². The zero-order chi connectivity index (χ0) is 30.6. The minimum atomic E-state index is -1.58. The number of para-hydroxylation sites is 1. The molecule has 4 atom stereocenters. The van der Waals surface area contributed by atoms with Gasteiger partial charge in [0, 0.05) is 23.5 Å². The molecule has 8 N–H and O–H groups in total. The number of thioether (sulfide) groups is 1. The molecule has 0 aliphatic heterocycles. The van der Waals surface area contributed by atoms with E-state index < -0.39 is 60.2 Å². The quantitative estimate of drug-likeness (QED) is 0.126. The third-order valence-electron chi connectivity index (χ3n) is 6.60. The third-order valence-corrected chi connectivity index (χ3v) is 7.25. The van der Waals surface area contributed by atoms with Crippen molar-refractivity contribution in [3.8, 4) is 0 Å². The maximum absolute atomic E-state index is 13.2. The highest BCUT2D eigenvalue weighted by Crippen LogP contribution is 2.19. The number of carboxylic acids is 2. The number of carbonyl (C=O) groups excluding carboxylic acids is 3. The van der Waals surface area contributed by atoms with Crippen LogP contribution in [0.3, 0.4) is 0 Å². The average molecular weight is 598 g/mol. The van der Waals surface area contributed by atoms with Crippen molar-refractivity contribution in [1.82, 2.24) is 20.9 Å². The SMILES string of the molecule is CSCCC(NC(=O)C(N)Cc1c[nH]c2ccccc12)C(=O)NC(CC(=O)O)C(=O)NC(Cc1ccccc1)C(=O)O. The van der Waals surface area contributed by atoms with Crippen molar-refractivity contribution in [2.75, 3.05) is 12.0 Å². The van der Waals surface area contributed by atoms with E-state index in [0.717, 1.165) is 16.5 Å². The molecule has 4 unspecified atom stereocenters. The molecule has 0 radical (unpaired) electrons.